The highest BCUT2D eigenvalue weighted by molar-refractivity contribution is 5.99. The van der Waals surface area contributed by atoms with Crippen LogP contribution in [-0.2, 0) is 0 Å². The predicted octanol–water partition coefficient (Wildman–Crippen LogP) is 3.27. The molecule has 2 rings (SSSR count). The Bertz CT molecular complexity index is 440. The fraction of sp³-hybridized carbons (Fsp3) is 0.533. The van der Waals surface area contributed by atoms with Crippen molar-refractivity contribution >= 4 is 11.6 Å². The van der Waals surface area contributed by atoms with E-state index in [9.17, 15) is 9.18 Å². The van der Waals surface area contributed by atoms with Crippen LogP contribution in [0.5, 0.6) is 0 Å². The lowest BCUT2D eigenvalue weighted by Crippen LogP contribution is -2.32. The van der Waals surface area contributed by atoms with E-state index in [1.807, 2.05) is 11.8 Å². The van der Waals surface area contributed by atoms with Gasteiger partial charge in [-0.05, 0) is 31.9 Å². The zero-order valence-electron chi connectivity index (χ0n) is 11.4. The van der Waals surface area contributed by atoms with Crippen LogP contribution >= 0.6 is 0 Å². The molecule has 0 spiro atoms. The monoisotopic (exact) mass is 264 g/mol. The largest absolute Gasteiger partial charge is 0.382 e. The molecule has 1 aliphatic heterocycles. The maximum Gasteiger partial charge on any atom is 0.256 e. The molecule has 1 fully saturated rings. The summed E-state index contributed by atoms with van der Waals surface area (Å²) in [4.78, 5) is 14.4. The fourth-order valence-electron chi connectivity index (χ4n) is 2.50. The van der Waals surface area contributed by atoms with E-state index in [0.29, 0.717) is 17.8 Å². The number of rotatable bonds is 3. The zero-order valence-corrected chi connectivity index (χ0v) is 11.4. The quantitative estimate of drug-likeness (QED) is 0.908. The van der Waals surface area contributed by atoms with Gasteiger partial charge in [0, 0.05) is 19.6 Å². The lowest BCUT2D eigenvalue weighted by Gasteiger charge is -2.22. The number of benzene rings is 1. The van der Waals surface area contributed by atoms with Gasteiger partial charge in [0.25, 0.3) is 5.91 Å². The number of nitrogens with zero attached hydrogens (tertiary/aromatic N) is 1. The molecule has 1 aromatic rings. The third-order valence-electron chi connectivity index (χ3n) is 3.49. The molecule has 0 saturated carbocycles. The number of carbonyl (C=O) groups excluding carboxylic acids is 1. The molecule has 1 aromatic carbocycles. The lowest BCUT2D eigenvalue weighted by atomic mass is 10.1. The van der Waals surface area contributed by atoms with Gasteiger partial charge in [0.1, 0.15) is 5.82 Å². The van der Waals surface area contributed by atoms with Crippen molar-refractivity contribution in [2.75, 3.05) is 25.0 Å². The maximum atomic E-state index is 13.8. The Labute approximate surface area is 113 Å². The van der Waals surface area contributed by atoms with Crippen molar-refractivity contribution in [2.24, 2.45) is 0 Å². The van der Waals surface area contributed by atoms with Crippen LogP contribution in [0.2, 0.25) is 0 Å². The van der Waals surface area contributed by atoms with Gasteiger partial charge < -0.3 is 10.2 Å². The van der Waals surface area contributed by atoms with E-state index in [0.717, 1.165) is 25.9 Å². The average Bonchev–Trinajstić information content (AvgIpc) is 2.69. The highest BCUT2D eigenvalue weighted by Gasteiger charge is 2.21. The first-order chi connectivity index (χ1) is 9.24. The van der Waals surface area contributed by atoms with Crippen molar-refractivity contribution in [3.63, 3.8) is 0 Å². The summed E-state index contributed by atoms with van der Waals surface area (Å²) in [6.45, 7) is 4.05. The van der Waals surface area contributed by atoms with Gasteiger partial charge in [-0.1, -0.05) is 18.9 Å². The van der Waals surface area contributed by atoms with Gasteiger partial charge in [-0.2, -0.15) is 0 Å². The smallest absolute Gasteiger partial charge is 0.256 e. The van der Waals surface area contributed by atoms with Crippen LogP contribution in [0.15, 0.2) is 18.2 Å². The molecular weight excluding hydrogens is 243 g/mol. The molecule has 4 heteroatoms. The second-order valence-corrected chi connectivity index (χ2v) is 4.90. The van der Waals surface area contributed by atoms with Gasteiger partial charge >= 0.3 is 0 Å². The van der Waals surface area contributed by atoms with Gasteiger partial charge in [-0.15, -0.1) is 0 Å². The molecule has 19 heavy (non-hydrogen) atoms. The van der Waals surface area contributed by atoms with E-state index in [-0.39, 0.29) is 11.7 Å². The number of hydrogen-bond donors (Lipinski definition) is 1. The molecule has 1 aliphatic rings. The topological polar surface area (TPSA) is 32.3 Å². The molecule has 104 valence electrons. The molecule has 1 N–H and O–H groups in total. The summed E-state index contributed by atoms with van der Waals surface area (Å²) < 4.78 is 13.8. The minimum atomic E-state index is -0.359. The fourth-order valence-corrected chi connectivity index (χ4v) is 2.50. The van der Waals surface area contributed by atoms with Gasteiger partial charge in [0.15, 0.2) is 0 Å². The van der Waals surface area contributed by atoms with Crippen LogP contribution in [0.3, 0.4) is 0 Å². The van der Waals surface area contributed by atoms with Crippen LogP contribution in [0.1, 0.15) is 43.0 Å². The number of likely N-dealkylation sites (tertiary alicyclic amines) is 1. The Kier molecular flexibility index (Phi) is 4.77. The number of para-hydroxylation sites is 1. The molecule has 0 unspecified atom stereocenters. The van der Waals surface area contributed by atoms with Gasteiger partial charge in [-0.3, -0.25) is 4.79 Å². The van der Waals surface area contributed by atoms with Crippen molar-refractivity contribution in [3.8, 4) is 0 Å². The zero-order chi connectivity index (χ0) is 13.7. The molecule has 0 bridgehead atoms. The Hall–Kier alpha value is -1.58. The van der Waals surface area contributed by atoms with Gasteiger partial charge in [0.2, 0.25) is 0 Å². The summed E-state index contributed by atoms with van der Waals surface area (Å²) in [5, 5.41) is 2.96. The van der Waals surface area contributed by atoms with Gasteiger partial charge in [0.05, 0.1) is 11.3 Å². The van der Waals surface area contributed by atoms with Crippen LogP contribution in [-0.4, -0.2) is 30.4 Å². The summed E-state index contributed by atoms with van der Waals surface area (Å²) in [6.07, 6.45) is 4.43. The highest BCUT2D eigenvalue weighted by Crippen LogP contribution is 2.22. The van der Waals surface area contributed by atoms with Crippen LogP contribution in [0.25, 0.3) is 0 Å². The summed E-state index contributed by atoms with van der Waals surface area (Å²) in [7, 11) is 0. The number of anilines is 1. The Morgan fingerprint density at radius 2 is 1.95 bits per heavy atom. The van der Waals surface area contributed by atoms with E-state index in [2.05, 4.69) is 5.32 Å². The van der Waals surface area contributed by atoms with Crippen LogP contribution in [0, 0.1) is 5.82 Å². The van der Waals surface area contributed by atoms with Crippen LogP contribution < -0.4 is 5.32 Å². The summed E-state index contributed by atoms with van der Waals surface area (Å²) in [6, 6.07) is 4.69. The molecule has 1 saturated heterocycles. The molecular formula is C15H21FN2O. The first kappa shape index (κ1) is 13.8. The molecule has 0 aliphatic carbocycles. The van der Waals surface area contributed by atoms with E-state index in [1.165, 1.54) is 18.9 Å². The van der Waals surface area contributed by atoms with Crippen molar-refractivity contribution < 1.29 is 9.18 Å². The molecule has 0 aromatic heterocycles. The Morgan fingerprint density at radius 3 is 2.58 bits per heavy atom. The second kappa shape index (κ2) is 6.55. The van der Waals surface area contributed by atoms with E-state index in [4.69, 9.17) is 0 Å². The van der Waals surface area contributed by atoms with Gasteiger partial charge in [-0.25, -0.2) is 4.39 Å². The second-order valence-electron chi connectivity index (χ2n) is 4.90. The first-order valence-corrected chi connectivity index (χ1v) is 7.05. The van der Waals surface area contributed by atoms with Crippen molar-refractivity contribution in [3.05, 3.63) is 29.6 Å². The number of hydrogen-bond acceptors (Lipinski definition) is 2. The standard InChI is InChI=1S/C15H21FN2O/c1-2-17-14-12(8-7-9-13(14)16)15(19)18-10-5-3-4-6-11-18/h7-9,17H,2-6,10-11H2,1H3. The third kappa shape index (κ3) is 3.25. The SMILES string of the molecule is CCNc1c(F)cccc1C(=O)N1CCCCCC1. The lowest BCUT2D eigenvalue weighted by molar-refractivity contribution is 0.0762. The molecule has 1 heterocycles. The number of nitrogens with one attached hydrogen (secondary N) is 1. The molecule has 0 atom stereocenters. The number of amides is 1. The summed E-state index contributed by atoms with van der Waals surface area (Å²) in [5.74, 6) is -0.417. The molecule has 0 radical (unpaired) electrons. The highest BCUT2D eigenvalue weighted by atomic mass is 19.1. The van der Waals surface area contributed by atoms with E-state index >= 15 is 0 Å². The van der Waals surface area contributed by atoms with Crippen molar-refractivity contribution in [1.29, 1.82) is 0 Å². The molecule has 3 nitrogen and oxygen atoms in total. The summed E-state index contributed by atoms with van der Waals surface area (Å²) >= 11 is 0. The number of halogens is 1. The normalized spacial score (nSPS) is 16.0. The minimum absolute atomic E-state index is 0.0580. The number of carbonyl (C=O) groups is 1. The van der Waals surface area contributed by atoms with Crippen LogP contribution in [0.4, 0.5) is 10.1 Å². The molecule has 1 amide bonds. The summed E-state index contributed by atoms with van der Waals surface area (Å²) in [5.41, 5.74) is 0.781. The third-order valence-corrected chi connectivity index (χ3v) is 3.49. The maximum absolute atomic E-state index is 13.8. The average molecular weight is 264 g/mol. The van der Waals surface area contributed by atoms with E-state index in [1.54, 1.807) is 12.1 Å². The first-order valence-electron chi connectivity index (χ1n) is 7.05. The van der Waals surface area contributed by atoms with Crippen molar-refractivity contribution in [1.82, 2.24) is 4.90 Å². The minimum Gasteiger partial charge on any atom is -0.382 e. The predicted molar refractivity (Wildman–Crippen MR) is 74.9 cm³/mol. The van der Waals surface area contributed by atoms with Crippen molar-refractivity contribution in [2.45, 2.75) is 32.6 Å². The van der Waals surface area contributed by atoms with E-state index < -0.39 is 0 Å². The Balaban J connectivity index is 2.24. The Morgan fingerprint density at radius 1 is 1.26 bits per heavy atom.